The lowest BCUT2D eigenvalue weighted by molar-refractivity contribution is 0.312. The molecule has 2 fully saturated rings. The molecule has 0 bridgehead atoms. The summed E-state index contributed by atoms with van der Waals surface area (Å²) < 4.78 is 1.83. The van der Waals surface area contributed by atoms with Gasteiger partial charge in [0.15, 0.2) is 0 Å². The minimum Gasteiger partial charge on any atom is -0.346 e. The average Bonchev–Trinajstić information content (AvgIpc) is 3.41. The Morgan fingerprint density at radius 1 is 1.19 bits per heavy atom. The number of nitrogens with zero attached hydrogens (tertiary/aromatic N) is 4. The molecule has 0 aromatic carbocycles. The van der Waals surface area contributed by atoms with Crippen LogP contribution in [0.3, 0.4) is 0 Å². The van der Waals surface area contributed by atoms with Crippen LogP contribution < -0.4 is 5.32 Å². The Bertz CT molecular complexity index is 873. The van der Waals surface area contributed by atoms with Crippen molar-refractivity contribution in [3.8, 4) is 0 Å². The number of aromatic amines is 1. The van der Waals surface area contributed by atoms with Crippen LogP contribution in [0.4, 0.5) is 0 Å². The molecule has 2 aliphatic rings. The molecule has 138 valence electrons. The Hall–Kier alpha value is -1.52. The van der Waals surface area contributed by atoms with E-state index >= 15 is 0 Å². The van der Waals surface area contributed by atoms with Gasteiger partial charge in [-0.1, -0.05) is 5.21 Å². The largest absolute Gasteiger partial charge is 0.346 e. The molecule has 1 unspecified atom stereocenters. The standard InChI is InChI=1S/C19H27N6P/c1-2-15(26-9-1)11-20-10-13-3-5-14(6-4-13)17-18-16-7-8-21-19(16)22-12-25(18)24-23-17/h7-8,12-15,20-21,26H,1-6,9-11H2/t13-,14-,15-/m1/s1. The summed E-state index contributed by atoms with van der Waals surface area (Å²) in [4.78, 5) is 7.60. The zero-order valence-corrected chi connectivity index (χ0v) is 16.1. The molecule has 1 aliphatic carbocycles. The fraction of sp³-hybridized carbons (Fsp3) is 0.632. The Labute approximate surface area is 155 Å². The Kier molecular flexibility index (Phi) is 4.63. The molecule has 26 heavy (non-hydrogen) atoms. The summed E-state index contributed by atoms with van der Waals surface area (Å²) in [6.45, 7) is 2.44. The number of fused-ring (bicyclic) bond motifs is 3. The van der Waals surface area contributed by atoms with Crippen molar-refractivity contribution < 1.29 is 0 Å². The van der Waals surface area contributed by atoms with Crippen molar-refractivity contribution in [3.63, 3.8) is 0 Å². The van der Waals surface area contributed by atoms with Gasteiger partial charge in [-0.3, -0.25) is 0 Å². The maximum atomic E-state index is 4.53. The van der Waals surface area contributed by atoms with Crippen LogP contribution in [0.2, 0.25) is 0 Å². The molecule has 3 aromatic heterocycles. The molecule has 0 spiro atoms. The fourth-order valence-corrected chi connectivity index (χ4v) is 6.24. The molecule has 1 saturated carbocycles. The van der Waals surface area contributed by atoms with E-state index in [9.17, 15) is 0 Å². The van der Waals surface area contributed by atoms with Crippen LogP contribution >= 0.6 is 8.58 Å². The first kappa shape index (κ1) is 16.6. The Morgan fingerprint density at radius 2 is 2.12 bits per heavy atom. The second-order valence-electron chi connectivity index (χ2n) is 7.92. The van der Waals surface area contributed by atoms with Crippen LogP contribution in [0.1, 0.15) is 50.1 Å². The van der Waals surface area contributed by atoms with E-state index < -0.39 is 0 Å². The molecule has 0 radical (unpaired) electrons. The van der Waals surface area contributed by atoms with Crippen molar-refractivity contribution in [2.75, 3.05) is 19.3 Å². The maximum Gasteiger partial charge on any atom is 0.141 e. The quantitative estimate of drug-likeness (QED) is 0.676. The van der Waals surface area contributed by atoms with Gasteiger partial charge in [-0.25, -0.2) is 9.50 Å². The molecule has 4 heterocycles. The van der Waals surface area contributed by atoms with Crippen LogP contribution in [0.25, 0.3) is 16.6 Å². The first-order valence-corrected chi connectivity index (χ1v) is 11.3. The summed E-state index contributed by atoms with van der Waals surface area (Å²) >= 11 is 0. The van der Waals surface area contributed by atoms with Gasteiger partial charge in [0.05, 0.1) is 5.69 Å². The maximum absolute atomic E-state index is 4.53. The van der Waals surface area contributed by atoms with Crippen molar-refractivity contribution in [1.82, 2.24) is 30.1 Å². The fourth-order valence-electron chi connectivity index (χ4n) is 4.73. The lowest BCUT2D eigenvalue weighted by Crippen LogP contribution is -2.30. The first-order chi connectivity index (χ1) is 12.9. The van der Waals surface area contributed by atoms with Gasteiger partial charge in [0, 0.05) is 24.0 Å². The highest BCUT2D eigenvalue weighted by Gasteiger charge is 2.27. The Morgan fingerprint density at radius 3 is 2.96 bits per heavy atom. The van der Waals surface area contributed by atoms with Gasteiger partial charge in [0.25, 0.3) is 0 Å². The minimum absolute atomic E-state index is 0.528. The predicted molar refractivity (Wildman–Crippen MR) is 106 cm³/mol. The van der Waals surface area contributed by atoms with E-state index in [4.69, 9.17) is 0 Å². The molecule has 3 aromatic rings. The Balaban J connectivity index is 1.23. The molecular weight excluding hydrogens is 343 g/mol. The van der Waals surface area contributed by atoms with Crippen LogP contribution in [-0.4, -0.2) is 49.7 Å². The average molecular weight is 370 g/mol. The van der Waals surface area contributed by atoms with Crippen LogP contribution in [0.5, 0.6) is 0 Å². The minimum atomic E-state index is 0.528. The van der Waals surface area contributed by atoms with Crippen molar-refractivity contribution in [3.05, 3.63) is 24.3 Å². The SMILES string of the molecule is c1cc2c(ncn3nnc([C@H]4CC[C@H](CNC[C@H]5CCCP5)CC4)c23)[nH]1. The number of H-pyrrole nitrogens is 1. The van der Waals surface area contributed by atoms with Crippen molar-refractivity contribution in [2.45, 2.75) is 50.1 Å². The molecule has 2 atom stereocenters. The van der Waals surface area contributed by atoms with E-state index in [0.29, 0.717) is 5.92 Å². The molecule has 0 amide bonds. The number of aromatic nitrogens is 5. The topological polar surface area (TPSA) is 70.9 Å². The van der Waals surface area contributed by atoms with Gasteiger partial charge in [0.2, 0.25) is 0 Å². The third-order valence-electron chi connectivity index (χ3n) is 6.22. The van der Waals surface area contributed by atoms with E-state index in [1.165, 1.54) is 66.4 Å². The molecule has 5 rings (SSSR count). The summed E-state index contributed by atoms with van der Waals surface area (Å²) in [7, 11) is 1.20. The van der Waals surface area contributed by atoms with E-state index in [2.05, 4.69) is 31.7 Å². The van der Waals surface area contributed by atoms with Crippen LogP contribution in [0, 0.1) is 5.92 Å². The lowest BCUT2D eigenvalue weighted by atomic mass is 9.80. The van der Waals surface area contributed by atoms with Crippen molar-refractivity contribution in [1.29, 1.82) is 0 Å². The molecular formula is C19H27N6P. The monoisotopic (exact) mass is 370 g/mol. The predicted octanol–water partition coefficient (Wildman–Crippen LogP) is 3.31. The first-order valence-electron chi connectivity index (χ1n) is 9.99. The van der Waals surface area contributed by atoms with E-state index in [1.54, 1.807) is 6.33 Å². The zero-order valence-electron chi connectivity index (χ0n) is 15.1. The summed E-state index contributed by atoms with van der Waals surface area (Å²) in [5.41, 5.74) is 4.19. The smallest absolute Gasteiger partial charge is 0.141 e. The molecule has 1 aliphatic heterocycles. The van der Waals surface area contributed by atoms with Gasteiger partial charge in [-0.15, -0.1) is 13.7 Å². The van der Waals surface area contributed by atoms with Gasteiger partial charge in [-0.05, 0) is 68.9 Å². The van der Waals surface area contributed by atoms with Gasteiger partial charge >= 0.3 is 0 Å². The highest BCUT2D eigenvalue weighted by atomic mass is 31.1. The number of hydrogen-bond donors (Lipinski definition) is 2. The third kappa shape index (κ3) is 3.14. The second-order valence-corrected chi connectivity index (χ2v) is 9.65. The highest BCUT2D eigenvalue weighted by molar-refractivity contribution is 7.39. The molecule has 2 N–H and O–H groups in total. The van der Waals surface area contributed by atoms with E-state index in [0.717, 1.165) is 33.8 Å². The summed E-state index contributed by atoms with van der Waals surface area (Å²) in [6, 6.07) is 2.09. The van der Waals surface area contributed by atoms with Gasteiger partial charge in [0.1, 0.15) is 17.5 Å². The van der Waals surface area contributed by atoms with E-state index in [-0.39, 0.29) is 0 Å². The van der Waals surface area contributed by atoms with Gasteiger partial charge in [-0.2, -0.15) is 0 Å². The lowest BCUT2D eigenvalue weighted by Gasteiger charge is -2.28. The molecule has 7 heteroatoms. The van der Waals surface area contributed by atoms with E-state index in [1.807, 2.05) is 10.7 Å². The van der Waals surface area contributed by atoms with Gasteiger partial charge < -0.3 is 10.3 Å². The van der Waals surface area contributed by atoms with Crippen molar-refractivity contribution >= 4 is 25.1 Å². The summed E-state index contributed by atoms with van der Waals surface area (Å²) in [5, 5.41) is 13.7. The second kappa shape index (κ2) is 7.24. The van der Waals surface area contributed by atoms with Crippen LogP contribution in [0.15, 0.2) is 18.6 Å². The summed E-state index contributed by atoms with van der Waals surface area (Å²) in [6.07, 6.45) is 13.1. The number of nitrogens with one attached hydrogen (secondary N) is 2. The number of rotatable bonds is 5. The molecule has 6 nitrogen and oxygen atoms in total. The molecule has 1 saturated heterocycles. The number of hydrogen-bond acceptors (Lipinski definition) is 4. The highest BCUT2D eigenvalue weighted by Crippen LogP contribution is 2.37. The van der Waals surface area contributed by atoms with Crippen molar-refractivity contribution in [2.24, 2.45) is 5.92 Å². The zero-order chi connectivity index (χ0) is 17.3. The third-order valence-corrected chi connectivity index (χ3v) is 7.93. The normalized spacial score (nSPS) is 27.8. The van der Waals surface area contributed by atoms with Crippen LogP contribution in [-0.2, 0) is 0 Å². The summed E-state index contributed by atoms with van der Waals surface area (Å²) in [5.74, 6) is 1.35.